The smallest absolute Gasteiger partial charge is 0.338 e. The van der Waals surface area contributed by atoms with Gasteiger partial charge in [0.1, 0.15) is 29.1 Å². The Morgan fingerprint density at radius 2 is 1.93 bits per heavy atom. The molecule has 0 spiro atoms. The highest BCUT2D eigenvalue weighted by molar-refractivity contribution is 7.07. The van der Waals surface area contributed by atoms with Crippen molar-refractivity contribution in [3.05, 3.63) is 101 Å². The summed E-state index contributed by atoms with van der Waals surface area (Å²) in [5, 5.41) is 9.31. The van der Waals surface area contributed by atoms with Crippen molar-refractivity contribution in [2.24, 2.45) is 4.99 Å². The van der Waals surface area contributed by atoms with Gasteiger partial charge in [-0.05, 0) is 50.2 Å². The molecule has 0 amide bonds. The number of rotatable bonds is 8. The Morgan fingerprint density at radius 3 is 2.60 bits per heavy atom. The molecule has 4 aromatic rings. The third-order valence-electron chi connectivity index (χ3n) is 6.64. The maximum Gasteiger partial charge on any atom is 0.338 e. The molecule has 1 aliphatic heterocycles. The van der Waals surface area contributed by atoms with Crippen LogP contribution in [0.25, 0.3) is 17.4 Å². The fraction of sp³-hybridized carbons (Fsp3) is 0.200. The second-order valence-electron chi connectivity index (χ2n) is 9.11. The number of fused-ring (bicyclic) bond motifs is 1. The van der Waals surface area contributed by atoms with E-state index in [0.717, 1.165) is 11.3 Å². The van der Waals surface area contributed by atoms with E-state index >= 15 is 0 Å². The van der Waals surface area contributed by atoms with Crippen molar-refractivity contribution in [3.63, 3.8) is 0 Å². The normalized spacial score (nSPS) is 14.8. The third kappa shape index (κ3) is 5.24. The maximum absolute atomic E-state index is 13.9. The van der Waals surface area contributed by atoms with Crippen LogP contribution in [0.15, 0.2) is 74.0 Å². The number of hydrogen-bond donors (Lipinski definition) is 1. The molecule has 0 unspecified atom stereocenters. The first-order chi connectivity index (χ1) is 20.2. The van der Waals surface area contributed by atoms with Crippen LogP contribution in [0.4, 0.5) is 0 Å². The lowest BCUT2D eigenvalue weighted by Gasteiger charge is -2.26. The number of halogens is 1. The summed E-state index contributed by atoms with van der Waals surface area (Å²) in [7, 11) is 3.03. The van der Waals surface area contributed by atoms with Gasteiger partial charge in [-0.3, -0.25) is 9.36 Å². The van der Waals surface area contributed by atoms with Gasteiger partial charge in [0, 0.05) is 23.3 Å². The van der Waals surface area contributed by atoms with Gasteiger partial charge in [0.2, 0.25) is 0 Å². The van der Waals surface area contributed by atoms with Crippen LogP contribution in [0.3, 0.4) is 0 Å². The standard InChI is InChI=1S/C30H25ClN2O8S/c1-5-40-29(37)25-15(2)32-30-33(26(25)20-10-7-17(38-3)13-23(20)39-4)27(34)24(42-30)14-18-8-11-22(41-18)16-6-9-19(28(35)36)21(31)12-16/h6-14,26H,5H2,1-4H3,(H,35,36)/b24-14+/t26-/m1/s1. The summed E-state index contributed by atoms with van der Waals surface area (Å²) in [4.78, 5) is 43.3. The van der Waals surface area contributed by atoms with E-state index in [1.807, 2.05) is 0 Å². The molecule has 0 saturated carbocycles. The summed E-state index contributed by atoms with van der Waals surface area (Å²) in [5.41, 5.74) is 1.38. The van der Waals surface area contributed by atoms with Crippen molar-refractivity contribution in [3.8, 4) is 22.8 Å². The molecule has 12 heteroatoms. The number of aromatic nitrogens is 1. The molecular weight excluding hydrogens is 584 g/mol. The first-order valence-electron chi connectivity index (χ1n) is 12.7. The predicted octanol–water partition coefficient (Wildman–Crippen LogP) is 4.43. The van der Waals surface area contributed by atoms with Gasteiger partial charge < -0.3 is 23.7 Å². The highest BCUT2D eigenvalue weighted by atomic mass is 35.5. The molecule has 42 heavy (non-hydrogen) atoms. The SMILES string of the molecule is CCOC(=O)C1=C(C)N=c2s/c(=C/c3ccc(-c4ccc(C(=O)O)c(Cl)c4)o3)c(=O)n2[C@@H]1c1ccc(OC)cc1OC. The number of carboxylic acid groups (broad SMARTS) is 1. The van der Waals surface area contributed by atoms with Crippen LogP contribution in [0.1, 0.15) is 41.6 Å². The summed E-state index contributed by atoms with van der Waals surface area (Å²) < 4.78 is 24.0. The van der Waals surface area contributed by atoms with Crippen LogP contribution in [-0.2, 0) is 9.53 Å². The number of carboxylic acids is 1. The quantitative estimate of drug-likeness (QED) is 0.291. The molecule has 0 bridgehead atoms. The van der Waals surface area contributed by atoms with Gasteiger partial charge in [0.15, 0.2) is 4.80 Å². The molecule has 0 radical (unpaired) electrons. The molecule has 5 rings (SSSR count). The first-order valence-corrected chi connectivity index (χ1v) is 13.9. The van der Waals surface area contributed by atoms with E-state index < -0.39 is 18.0 Å². The Morgan fingerprint density at radius 1 is 1.14 bits per heavy atom. The number of esters is 1. The molecule has 2 aromatic carbocycles. The summed E-state index contributed by atoms with van der Waals surface area (Å²) in [6.07, 6.45) is 1.59. The lowest BCUT2D eigenvalue weighted by Crippen LogP contribution is -2.40. The minimum atomic E-state index is -1.13. The van der Waals surface area contributed by atoms with Crippen molar-refractivity contribution in [1.29, 1.82) is 0 Å². The van der Waals surface area contributed by atoms with Crippen molar-refractivity contribution >= 4 is 41.0 Å². The second kappa shape index (κ2) is 11.7. The zero-order valence-electron chi connectivity index (χ0n) is 23.0. The summed E-state index contributed by atoms with van der Waals surface area (Å²) >= 11 is 7.27. The van der Waals surface area contributed by atoms with Crippen molar-refractivity contribution < 1.29 is 33.3 Å². The van der Waals surface area contributed by atoms with Crippen molar-refractivity contribution in [2.45, 2.75) is 19.9 Å². The van der Waals surface area contributed by atoms with E-state index in [-0.39, 0.29) is 28.3 Å². The fourth-order valence-electron chi connectivity index (χ4n) is 4.69. The Hall–Kier alpha value is -4.61. The van der Waals surface area contributed by atoms with Gasteiger partial charge in [-0.15, -0.1) is 0 Å². The number of methoxy groups -OCH3 is 2. The summed E-state index contributed by atoms with van der Waals surface area (Å²) in [5.74, 6) is 0.0819. The maximum atomic E-state index is 13.9. The molecular formula is C30H25ClN2O8S. The van der Waals surface area contributed by atoms with Gasteiger partial charge in [-0.1, -0.05) is 29.0 Å². The number of hydrogen-bond acceptors (Lipinski definition) is 9. The van der Waals surface area contributed by atoms with E-state index in [1.54, 1.807) is 56.3 Å². The van der Waals surface area contributed by atoms with Crippen LogP contribution >= 0.6 is 22.9 Å². The highest BCUT2D eigenvalue weighted by Crippen LogP contribution is 2.37. The molecule has 0 aliphatic carbocycles. The first kappa shape index (κ1) is 28.9. The van der Waals surface area contributed by atoms with Crippen LogP contribution in [0.2, 0.25) is 5.02 Å². The summed E-state index contributed by atoms with van der Waals surface area (Å²) in [6.45, 7) is 3.56. The fourth-order valence-corrected chi connectivity index (χ4v) is 5.97. The average Bonchev–Trinajstić information content (AvgIpc) is 3.56. The second-order valence-corrected chi connectivity index (χ2v) is 10.5. The van der Waals surface area contributed by atoms with E-state index in [0.29, 0.717) is 49.2 Å². The molecule has 2 aromatic heterocycles. The lowest BCUT2D eigenvalue weighted by atomic mass is 9.95. The molecule has 1 aliphatic rings. The van der Waals surface area contributed by atoms with E-state index in [2.05, 4.69) is 4.99 Å². The highest BCUT2D eigenvalue weighted by Gasteiger charge is 2.35. The number of thiazole rings is 1. The van der Waals surface area contributed by atoms with Crippen LogP contribution < -0.4 is 24.4 Å². The van der Waals surface area contributed by atoms with Crippen molar-refractivity contribution in [1.82, 2.24) is 4.57 Å². The number of furan rings is 1. The van der Waals surface area contributed by atoms with Gasteiger partial charge in [0.25, 0.3) is 5.56 Å². The number of benzene rings is 2. The number of allylic oxidation sites excluding steroid dienone is 1. The van der Waals surface area contributed by atoms with E-state index in [9.17, 15) is 19.5 Å². The Labute approximate surface area is 248 Å². The third-order valence-corrected chi connectivity index (χ3v) is 7.93. The van der Waals surface area contributed by atoms with Crippen LogP contribution in [-0.4, -0.2) is 42.4 Å². The molecule has 0 saturated heterocycles. The number of carbonyl (C=O) groups is 2. The molecule has 216 valence electrons. The Bertz CT molecular complexity index is 1930. The number of nitrogens with zero attached hydrogens (tertiary/aromatic N) is 2. The summed E-state index contributed by atoms with van der Waals surface area (Å²) in [6, 6.07) is 12.2. The monoisotopic (exact) mass is 608 g/mol. The molecule has 3 heterocycles. The van der Waals surface area contributed by atoms with Gasteiger partial charge in [0.05, 0.1) is 47.2 Å². The van der Waals surface area contributed by atoms with Gasteiger partial charge in [-0.2, -0.15) is 0 Å². The molecule has 10 nitrogen and oxygen atoms in total. The zero-order chi connectivity index (χ0) is 30.1. The minimum absolute atomic E-state index is 0.0196. The van der Waals surface area contributed by atoms with Gasteiger partial charge >= 0.3 is 11.9 Å². The zero-order valence-corrected chi connectivity index (χ0v) is 24.5. The van der Waals surface area contributed by atoms with Crippen LogP contribution in [0, 0.1) is 0 Å². The molecule has 1 N–H and O–H groups in total. The van der Waals surface area contributed by atoms with Gasteiger partial charge in [-0.25, -0.2) is 14.6 Å². The van der Waals surface area contributed by atoms with E-state index in [1.165, 1.54) is 30.9 Å². The molecule has 0 fully saturated rings. The minimum Gasteiger partial charge on any atom is -0.497 e. The number of carbonyl (C=O) groups excluding carboxylic acids is 1. The van der Waals surface area contributed by atoms with E-state index in [4.69, 9.17) is 30.2 Å². The number of aromatic carboxylic acids is 1. The topological polar surface area (TPSA) is 130 Å². The average molecular weight is 609 g/mol. The predicted molar refractivity (Wildman–Crippen MR) is 156 cm³/mol. The van der Waals surface area contributed by atoms with Crippen molar-refractivity contribution in [2.75, 3.05) is 20.8 Å². The Kier molecular flexibility index (Phi) is 8.06. The lowest BCUT2D eigenvalue weighted by molar-refractivity contribution is -0.139. The van der Waals surface area contributed by atoms with Crippen LogP contribution in [0.5, 0.6) is 11.5 Å². The number of ether oxygens (including phenoxy) is 3. The molecule has 1 atom stereocenters. The largest absolute Gasteiger partial charge is 0.497 e. The Balaban J connectivity index is 1.64.